The summed E-state index contributed by atoms with van der Waals surface area (Å²) < 4.78 is 14.0. The lowest BCUT2D eigenvalue weighted by Crippen LogP contribution is -2.44. The molecule has 1 fully saturated rings. The molecule has 1 aliphatic rings. The Balaban J connectivity index is 1.64. The molecule has 0 unspecified atom stereocenters. The van der Waals surface area contributed by atoms with Crippen molar-refractivity contribution in [2.45, 2.75) is 19.4 Å². The fraction of sp³-hybridized carbons (Fsp3) is 0.500. The third kappa shape index (κ3) is 6.30. The first-order valence-corrected chi connectivity index (χ1v) is 10.2. The SMILES string of the molecule is CN(C)CCN(C[C@H]1CCCN(Cc2ccccc2F)C1)C(=O)c1cnccn1. The zero-order chi connectivity index (χ0) is 20.6. The molecule has 1 atom stereocenters. The minimum absolute atomic E-state index is 0.0776. The molecule has 0 spiro atoms. The smallest absolute Gasteiger partial charge is 0.274 e. The summed E-state index contributed by atoms with van der Waals surface area (Å²) in [5, 5.41) is 0. The van der Waals surface area contributed by atoms with Gasteiger partial charge in [-0.2, -0.15) is 0 Å². The van der Waals surface area contributed by atoms with E-state index in [1.165, 1.54) is 12.3 Å². The molecule has 0 saturated carbocycles. The lowest BCUT2D eigenvalue weighted by atomic mass is 9.96. The maximum Gasteiger partial charge on any atom is 0.274 e. The molecule has 29 heavy (non-hydrogen) atoms. The quantitative estimate of drug-likeness (QED) is 0.683. The average molecular weight is 400 g/mol. The van der Waals surface area contributed by atoms with E-state index in [1.807, 2.05) is 31.1 Å². The van der Waals surface area contributed by atoms with Crippen molar-refractivity contribution in [2.75, 3.05) is 46.8 Å². The van der Waals surface area contributed by atoms with Gasteiger partial charge in [0.2, 0.25) is 0 Å². The van der Waals surface area contributed by atoms with Crippen LogP contribution in [-0.2, 0) is 6.54 Å². The van der Waals surface area contributed by atoms with Gasteiger partial charge < -0.3 is 9.80 Å². The Hall–Kier alpha value is -2.38. The highest BCUT2D eigenvalue weighted by Gasteiger charge is 2.26. The van der Waals surface area contributed by atoms with Crippen LogP contribution in [-0.4, -0.2) is 77.4 Å². The van der Waals surface area contributed by atoms with Gasteiger partial charge in [0.15, 0.2) is 0 Å². The summed E-state index contributed by atoms with van der Waals surface area (Å²) in [7, 11) is 4.00. The fourth-order valence-electron chi connectivity index (χ4n) is 3.79. The van der Waals surface area contributed by atoms with Crippen LogP contribution >= 0.6 is 0 Å². The summed E-state index contributed by atoms with van der Waals surface area (Å²) in [6.07, 6.45) is 6.77. The van der Waals surface area contributed by atoms with Gasteiger partial charge in [0, 0.05) is 50.7 Å². The molecule has 1 amide bonds. The summed E-state index contributed by atoms with van der Waals surface area (Å²) in [5.74, 6) is 0.129. The van der Waals surface area contributed by atoms with Crippen LogP contribution in [0.15, 0.2) is 42.9 Å². The Labute approximate surface area is 172 Å². The van der Waals surface area contributed by atoms with E-state index in [0.29, 0.717) is 31.2 Å². The number of hydrogen-bond acceptors (Lipinski definition) is 5. The number of aromatic nitrogens is 2. The van der Waals surface area contributed by atoms with Crippen molar-refractivity contribution >= 4 is 5.91 Å². The minimum atomic E-state index is -0.153. The fourth-order valence-corrected chi connectivity index (χ4v) is 3.79. The van der Waals surface area contributed by atoms with Crippen LogP contribution in [0.1, 0.15) is 28.9 Å². The number of likely N-dealkylation sites (tertiary alicyclic amines) is 1. The van der Waals surface area contributed by atoms with E-state index in [9.17, 15) is 9.18 Å². The van der Waals surface area contributed by atoms with Crippen molar-refractivity contribution in [2.24, 2.45) is 5.92 Å². The van der Waals surface area contributed by atoms with Crippen LogP contribution in [0.2, 0.25) is 0 Å². The largest absolute Gasteiger partial charge is 0.336 e. The highest BCUT2D eigenvalue weighted by molar-refractivity contribution is 5.91. The summed E-state index contributed by atoms with van der Waals surface area (Å²) in [4.78, 5) is 27.5. The molecule has 2 heterocycles. The third-order valence-electron chi connectivity index (χ3n) is 5.32. The van der Waals surface area contributed by atoms with Gasteiger partial charge in [-0.25, -0.2) is 9.37 Å². The van der Waals surface area contributed by atoms with Crippen molar-refractivity contribution in [3.63, 3.8) is 0 Å². The Morgan fingerprint density at radius 2 is 2.07 bits per heavy atom. The van der Waals surface area contributed by atoms with E-state index in [0.717, 1.165) is 38.0 Å². The number of amides is 1. The van der Waals surface area contributed by atoms with E-state index in [4.69, 9.17) is 0 Å². The monoisotopic (exact) mass is 399 g/mol. The van der Waals surface area contributed by atoms with Gasteiger partial charge in [-0.1, -0.05) is 18.2 Å². The number of nitrogens with zero attached hydrogens (tertiary/aromatic N) is 5. The molecule has 0 N–H and O–H groups in total. The molecule has 1 aliphatic heterocycles. The number of rotatable bonds is 8. The molecule has 2 aromatic rings. The first-order valence-electron chi connectivity index (χ1n) is 10.2. The number of carbonyl (C=O) groups is 1. The summed E-state index contributed by atoms with van der Waals surface area (Å²) in [6, 6.07) is 6.96. The van der Waals surface area contributed by atoms with Crippen LogP contribution in [0.25, 0.3) is 0 Å². The number of halogens is 1. The van der Waals surface area contributed by atoms with Crippen molar-refractivity contribution in [3.05, 3.63) is 59.9 Å². The van der Waals surface area contributed by atoms with E-state index < -0.39 is 0 Å². The molecule has 156 valence electrons. The van der Waals surface area contributed by atoms with Crippen molar-refractivity contribution < 1.29 is 9.18 Å². The second-order valence-corrected chi connectivity index (χ2v) is 7.98. The standard InChI is InChI=1S/C22H30FN5O/c1-26(2)12-13-28(22(29)21-14-24-9-10-25-21)16-18-6-5-11-27(15-18)17-19-7-3-4-8-20(19)23/h3-4,7-10,14,18H,5-6,11-13,15-17H2,1-2H3/t18-/m0/s1. The van der Waals surface area contributed by atoms with Gasteiger partial charge in [-0.05, 0) is 45.5 Å². The van der Waals surface area contributed by atoms with E-state index >= 15 is 0 Å². The maximum absolute atomic E-state index is 14.0. The van der Waals surface area contributed by atoms with Gasteiger partial charge in [0.1, 0.15) is 11.5 Å². The van der Waals surface area contributed by atoms with Crippen molar-refractivity contribution in [1.29, 1.82) is 0 Å². The molecule has 0 bridgehead atoms. The Kier molecular flexibility index (Phi) is 7.66. The second kappa shape index (κ2) is 10.4. The third-order valence-corrected chi connectivity index (χ3v) is 5.32. The zero-order valence-electron chi connectivity index (χ0n) is 17.3. The van der Waals surface area contributed by atoms with Gasteiger partial charge in [-0.15, -0.1) is 0 Å². The number of likely N-dealkylation sites (N-methyl/N-ethyl adjacent to an activating group) is 1. The highest BCUT2D eigenvalue weighted by Crippen LogP contribution is 2.21. The van der Waals surface area contributed by atoms with E-state index in [-0.39, 0.29) is 11.7 Å². The van der Waals surface area contributed by atoms with Gasteiger partial charge in [0.05, 0.1) is 6.20 Å². The second-order valence-electron chi connectivity index (χ2n) is 7.98. The molecule has 0 radical (unpaired) electrons. The number of carbonyl (C=O) groups excluding carboxylic acids is 1. The van der Waals surface area contributed by atoms with E-state index in [1.54, 1.807) is 18.5 Å². The van der Waals surface area contributed by atoms with Crippen LogP contribution in [0.3, 0.4) is 0 Å². The first-order chi connectivity index (χ1) is 14.0. The highest BCUT2D eigenvalue weighted by atomic mass is 19.1. The van der Waals surface area contributed by atoms with Gasteiger partial charge in [0.25, 0.3) is 5.91 Å². The molecule has 1 aromatic carbocycles. The van der Waals surface area contributed by atoms with Crippen LogP contribution < -0.4 is 0 Å². The average Bonchev–Trinajstić information content (AvgIpc) is 2.73. The van der Waals surface area contributed by atoms with Crippen LogP contribution in [0, 0.1) is 11.7 Å². The summed E-state index contributed by atoms with van der Waals surface area (Å²) in [5.41, 5.74) is 1.11. The molecule has 1 aromatic heterocycles. The zero-order valence-corrected chi connectivity index (χ0v) is 17.3. The van der Waals surface area contributed by atoms with E-state index in [2.05, 4.69) is 19.8 Å². The maximum atomic E-state index is 14.0. The molecular weight excluding hydrogens is 369 g/mol. The molecule has 7 heteroatoms. The minimum Gasteiger partial charge on any atom is -0.336 e. The van der Waals surface area contributed by atoms with Crippen LogP contribution in [0.4, 0.5) is 4.39 Å². The molecule has 6 nitrogen and oxygen atoms in total. The number of benzene rings is 1. The topological polar surface area (TPSA) is 52.6 Å². The summed E-state index contributed by atoms with van der Waals surface area (Å²) in [6.45, 7) is 4.54. The number of piperidine rings is 1. The lowest BCUT2D eigenvalue weighted by molar-refractivity contribution is 0.0654. The summed E-state index contributed by atoms with van der Waals surface area (Å²) >= 11 is 0. The normalized spacial score (nSPS) is 17.4. The molecule has 1 saturated heterocycles. The van der Waals surface area contributed by atoms with Gasteiger partial charge >= 0.3 is 0 Å². The Morgan fingerprint density at radius 1 is 1.24 bits per heavy atom. The first kappa shape index (κ1) is 21.3. The van der Waals surface area contributed by atoms with Crippen molar-refractivity contribution in [3.8, 4) is 0 Å². The molecule has 3 rings (SSSR count). The Bertz CT molecular complexity index is 786. The predicted molar refractivity (Wildman–Crippen MR) is 111 cm³/mol. The lowest BCUT2D eigenvalue weighted by Gasteiger charge is -2.36. The molecular formula is C22H30FN5O. The van der Waals surface area contributed by atoms with Gasteiger partial charge in [-0.3, -0.25) is 14.7 Å². The Morgan fingerprint density at radius 3 is 2.79 bits per heavy atom. The predicted octanol–water partition coefficient (Wildman–Crippen LogP) is 2.53. The van der Waals surface area contributed by atoms with Crippen LogP contribution in [0.5, 0.6) is 0 Å². The van der Waals surface area contributed by atoms with Crippen molar-refractivity contribution in [1.82, 2.24) is 24.7 Å². The number of hydrogen-bond donors (Lipinski definition) is 0. The molecule has 0 aliphatic carbocycles.